The van der Waals surface area contributed by atoms with Gasteiger partial charge < -0.3 is 10.0 Å². The summed E-state index contributed by atoms with van der Waals surface area (Å²) in [5.74, 6) is 1.50. The van der Waals surface area contributed by atoms with Crippen LogP contribution in [0.2, 0.25) is 0 Å². The lowest BCUT2D eigenvalue weighted by Gasteiger charge is -2.29. The number of anilines is 2. The van der Waals surface area contributed by atoms with Crippen LogP contribution in [0.5, 0.6) is 0 Å². The fraction of sp³-hybridized carbons (Fsp3) is 0.429. The van der Waals surface area contributed by atoms with E-state index in [2.05, 4.69) is 30.6 Å². The third-order valence-electron chi connectivity index (χ3n) is 4.11. The van der Waals surface area contributed by atoms with Gasteiger partial charge in [-0.2, -0.15) is 0 Å². The van der Waals surface area contributed by atoms with Crippen LogP contribution in [-0.2, 0) is 0 Å². The van der Waals surface area contributed by atoms with Gasteiger partial charge in [0.05, 0.1) is 12.4 Å². The maximum Gasteiger partial charge on any atom is 0.192 e. The summed E-state index contributed by atoms with van der Waals surface area (Å²) in [5, 5.41) is 19.7. The summed E-state index contributed by atoms with van der Waals surface area (Å²) >= 11 is 0. The van der Waals surface area contributed by atoms with Gasteiger partial charge >= 0.3 is 0 Å². The van der Waals surface area contributed by atoms with Crippen LogP contribution in [0, 0.1) is 0 Å². The zero-order valence-corrected chi connectivity index (χ0v) is 13.8. The molecule has 0 aliphatic carbocycles. The quantitative estimate of drug-likeness (QED) is 0.832. The van der Waals surface area contributed by atoms with Crippen LogP contribution in [-0.4, -0.2) is 49.4 Å². The number of aliphatic hydroxyl groups is 1. The van der Waals surface area contributed by atoms with Crippen molar-refractivity contribution >= 4 is 29.7 Å². The standard InChI is InChI=1S/C14H18N8O.ClH/c23-14-11(21-7-4-17-19-21)9-18-22(14)13-8-12(15-10-16-13)20-5-2-1-3-6-20;/h4,7-10,14,18,23H,1-3,5-6H2;1H. The van der Waals surface area contributed by atoms with E-state index in [0.29, 0.717) is 11.5 Å². The first-order valence-electron chi connectivity index (χ1n) is 7.70. The van der Waals surface area contributed by atoms with Gasteiger partial charge in [0.2, 0.25) is 0 Å². The summed E-state index contributed by atoms with van der Waals surface area (Å²) in [4.78, 5) is 10.9. The summed E-state index contributed by atoms with van der Waals surface area (Å²) < 4.78 is 1.52. The van der Waals surface area contributed by atoms with Gasteiger partial charge in [-0.25, -0.2) is 19.7 Å². The number of aromatic nitrogens is 5. The van der Waals surface area contributed by atoms with Gasteiger partial charge in [-0.05, 0) is 19.3 Å². The Balaban J connectivity index is 0.00000169. The van der Waals surface area contributed by atoms with Crippen LogP contribution in [0.1, 0.15) is 19.3 Å². The molecule has 0 bridgehead atoms. The molecule has 2 N–H and O–H groups in total. The van der Waals surface area contributed by atoms with Crippen LogP contribution >= 0.6 is 12.4 Å². The average Bonchev–Trinajstić information content (AvgIpc) is 3.25. The highest BCUT2D eigenvalue weighted by atomic mass is 35.5. The summed E-state index contributed by atoms with van der Waals surface area (Å²) in [6.45, 7) is 2.02. The van der Waals surface area contributed by atoms with Crippen molar-refractivity contribution in [1.29, 1.82) is 0 Å². The predicted octanol–water partition coefficient (Wildman–Crippen LogP) is 0.622. The molecule has 1 saturated heterocycles. The molecule has 2 aromatic rings. The minimum atomic E-state index is -0.902. The fourth-order valence-corrected chi connectivity index (χ4v) is 2.90. The first-order chi connectivity index (χ1) is 11.3. The zero-order chi connectivity index (χ0) is 15.6. The molecule has 10 heteroatoms. The minimum absolute atomic E-state index is 0. The molecule has 0 radical (unpaired) electrons. The van der Waals surface area contributed by atoms with E-state index in [1.54, 1.807) is 23.6 Å². The number of rotatable bonds is 3. The summed E-state index contributed by atoms with van der Waals surface area (Å²) in [5.41, 5.74) is 3.60. The monoisotopic (exact) mass is 350 g/mol. The van der Waals surface area contributed by atoms with E-state index in [0.717, 1.165) is 18.9 Å². The Morgan fingerprint density at radius 1 is 1.12 bits per heavy atom. The van der Waals surface area contributed by atoms with Crippen molar-refractivity contribution in [2.45, 2.75) is 25.5 Å². The van der Waals surface area contributed by atoms with Gasteiger partial charge in [0.1, 0.15) is 17.8 Å². The Bertz CT molecular complexity index is 701. The zero-order valence-electron chi connectivity index (χ0n) is 13.0. The molecule has 1 unspecified atom stereocenters. The molecule has 0 saturated carbocycles. The van der Waals surface area contributed by atoms with Crippen molar-refractivity contribution in [1.82, 2.24) is 30.4 Å². The Labute approximate surface area is 145 Å². The molecule has 128 valence electrons. The smallest absolute Gasteiger partial charge is 0.192 e. The number of hydrogen-bond donors (Lipinski definition) is 2. The summed E-state index contributed by atoms with van der Waals surface area (Å²) in [6.07, 6.45) is 9.19. The first-order valence-corrected chi connectivity index (χ1v) is 7.70. The first kappa shape index (κ1) is 16.5. The Morgan fingerprint density at radius 2 is 1.92 bits per heavy atom. The molecule has 4 rings (SSSR count). The summed E-state index contributed by atoms with van der Waals surface area (Å²) in [7, 11) is 0. The largest absolute Gasteiger partial charge is 0.367 e. The van der Waals surface area contributed by atoms with Crippen LogP contribution in [0.3, 0.4) is 0 Å². The molecule has 0 spiro atoms. The van der Waals surface area contributed by atoms with E-state index in [9.17, 15) is 5.11 Å². The molecule has 4 heterocycles. The second-order valence-corrected chi connectivity index (χ2v) is 5.57. The Morgan fingerprint density at radius 3 is 2.67 bits per heavy atom. The van der Waals surface area contributed by atoms with Gasteiger partial charge in [-0.3, -0.25) is 5.43 Å². The predicted molar refractivity (Wildman–Crippen MR) is 91.3 cm³/mol. The van der Waals surface area contributed by atoms with Gasteiger partial charge in [-0.15, -0.1) is 17.5 Å². The average molecular weight is 351 g/mol. The Hall–Kier alpha value is -2.39. The van der Waals surface area contributed by atoms with E-state index in [4.69, 9.17) is 0 Å². The molecular formula is C14H19ClN8O. The molecular weight excluding hydrogens is 332 g/mol. The third kappa shape index (κ3) is 3.00. The van der Waals surface area contributed by atoms with Crippen LogP contribution < -0.4 is 15.3 Å². The van der Waals surface area contributed by atoms with Crippen LogP contribution in [0.25, 0.3) is 5.70 Å². The third-order valence-corrected chi connectivity index (χ3v) is 4.11. The number of hydrogen-bond acceptors (Lipinski definition) is 8. The summed E-state index contributed by atoms with van der Waals surface area (Å²) in [6, 6.07) is 1.89. The molecule has 0 aromatic carbocycles. The normalized spacial score (nSPS) is 20.4. The van der Waals surface area contributed by atoms with Gasteiger partial charge in [-0.1, -0.05) is 5.21 Å². The molecule has 2 aromatic heterocycles. The van der Waals surface area contributed by atoms with Crippen molar-refractivity contribution in [3.63, 3.8) is 0 Å². The number of aliphatic hydroxyl groups excluding tert-OH is 1. The lowest BCUT2D eigenvalue weighted by molar-refractivity contribution is 0.219. The number of nitrogens with zero attached hydrogens (tertiary/aromatic N) is 7. The highest BCUT2D eigenvalue weighted by Gasteiger charge is 2.29. The van der Waals surface area contributed by atoms with Crippen molar-refractivity contribution in [2.75, 3.05) is 23.0 Å². The molecule has 9 nitrogen and oxygen atoms in total. The lowest BCUT2D eigenvalue weighted by Crippen LogP contribution is -2.40. The SMILES string of the molecule is Cl.OC1C(n2ccnn2)=CNN1c1cc(N2CCCCC2)ncn1. The number of hydrazine groups is 1. The van der Waals surface area contributed by atoms with Crippen molar-refractivity contribution in [2.24, 2.45) is 0 Å². The van der Waals surface area contributed by atoms with Crippen molar-refractivity contribution in [3.8, 4) is 0 Å². The molecule has 24 heavy (non-hydrogen) atoms. The van der Waals surface area contributed by atoms with Crippen LogP contribution in [0.4, 0.5) is 11.6 Å². The van der Waals surface area contributed by atoms with Crippen molar-refractivity contribution < 1.29 is 5.11 Å². The van der Waals surface area contributed by atoms with Crippen molar-refractivity contribution in [3.05, 3.63) is 31.0 Å². The second-order valence-electron chi connectivity index (χ2n) is 5.57. The Kier molecular flexibility index (Phi) is 4.81. The van der Waals surface area contributed by atoms with E-state index in [1.807, 2.05) is 6.07 Å². The second kappa shape index (κ2) is 7.02. The molecule has 0 amide bonds. The number of piperidine rings is 1. The molecule has 1 fully saturated rings. The topological polar surface area (TPSA) is 95.2 Å². The maximum atomic E-state index is 10.5. The molecule has 2 aliphatic heterocycles. The minimum Gasteiger partial charge on any atom is -0.367 e. The van der Waals surface area contributed by atoms with E-state index >= 15 is 0 Å². The van der Waals surface area contributed by atoms with Crippen LogP contribution in [0.15, 0.2) is 31.0 Å². The van der Waals surface area contributed by atoms with E-state index < -0.39 is 6.23 Å². The number of halogens is 1. The lowest BCUT2D eigenvalue weighted by atomic mass is 10.1. The molecule has 2 aliphatic rings. The fourth-order valence-electron chi connectivity index (χ4n) is 2.90. The molecule has 1 atom stereocenters. The van der Waals surface area contributed by atoms with Gasteiger partial charge in [0.25, 0.3) is 0 Å². The maximum absolute atomic E-state index is 10.5. The highest BCUT2D eigenvalue weighted by molar-refractivity contribution is 5.85. The van der Waals surface area contributed by atoms with E-state index in [1.165, 1.54) is 30.3 Å². The number of nitrogens with one attached hydrogen (secondary N) is 1. The van der Waals surface area contributed by atoms with Gasteiger partial charge in [0, 0.05) is 25.4 Å². The van der Waals surface area contributed by atoms with Gasteiger partial charge in [0.15, 0.2) is 12.0 Å². The highest BCUT2D eigenvalue weighted by Crippen LogP contribution is 2.25. The van der Waals surface area contributed by atoms with E-state index in [-0.39, 0.29) is 12.4 Å².